The molecule has 0 fully saturated rings. The third-order valence-electron chi connectivity index (χ3n) is 3.60. The molecule has 0 bridgehead atoms. The van der Waals surface area contributed by atoms with Crippen LogP contribution in [0.4, 0.5) is 6.01 Å². The Bertz CT molecular complexity index is 886. The van der Waals surface area contributed by atoms with Crippen LogP contribution in [0.25, 0.3) is 11.2 Å². The van der Waals surface area contributed by atoms with Gasteiger partial charge >= 0.3 is 0 Å². The molecule has 0 radical (unpaired) electrons. The zero-order valence-electron chi connectivity index (χ0n) is 11.0. The smallest absolute Gasteiger partial charge is 0.300 e. The van der Waals surface area contributed by atoms with E-state index < -0.39 is 0 Å². The number of aromatic amines is 1. The number of oxazole rings is 1. The fraction of sp³-hybridized carbons (Fsp3) is 0.214. The second-order valence-electron chi connectivity index (χ2n) is 4.97. The number of aromatic nitrogens is 3. The first-order valence-electron chi connectivity index (χ1n) is 6.57. The van der Waals surface area contributed by atoms with Crippen molar-refractivity contribution in [2.45, 2.75) is 13.0 Å². The first-order valence-corrected chi connectivity index (χ1v) is 6.95. The first-order chi connectivity index (χ1) is 10.2. The number of pyridine rings is 2. The average molecular weight is 303 g/mol. The van der Waals surface area contributed by atoms with E-state index >= 15 is 0 Å². The van der Waals surface area contributed by atoms with Crippen LogP contribution in [0, 0.1) is 0 Å². The fourth-order valence-corrected chi connectivity index (χ4v) is 2.69. The molecule has 7 heteroatoms. The van der Waals surface area contributed by atoms with E-state index in [1.165, 1.54) is 0 Å². The van der Waals surface area contributed by atoms with Gasteiger partial charge in [0.05, 0.1) is 0 Å². The van der Waals surface area contributed by atoms with Gasteiger partial charge in [-0.15, -0.1) is 0 Å². The normalized spacial score (nSPS) is 14.4. The summed E-state index contributed by atoms with van der Waals surface area (Å²) in [6.45, 7) is 1.39. The number of fused-ring (bicyclic) bond motifs is 2. The van der Waals surface area contributed by atoms with Crippen molar-refractivity contribution in [3.63, 3.8) is 0 Å². The molecule has 4 rings (SSSR count). The highest BCUT2D eigenvalue weighted by Gasteiger charge is 2.21. The zero-order chi connectivity index (χ0) is 14.4. The van der Waals surface area contributed by atoms with Crippen molar-refractivity contribution in [3.8, 4) is 0 Å². The lowest BCUT2D eigenvalue weighted by atomic mass is 10.0. The van der Waals surface area contributed by atoms with Crippen molar-refractivity contribution in [3.05, 3.63) is 51.0 Å². The van der Waals surface area contributed by atoms with Crippen molar-refractivity contribution in [1.29, 1.82) is 0 Å². The van der Waals surface area contributed by atoms with E-state index in [4.69, 9.17) is 16.0 Å². The van der Waals surface area contributed by atoms with E-state index in [0.717, 1.165) is 24.1 Å². The van der Waals surface area contributed by atoms with Crippen LogP contribution >= 0.6 is 11.6 Å². The number of halogens is 1. The number of rotatable bonds is 1. The molecule has 106 valence electrons. The van der Waals surface area contributed by atoms with E-state index in [9.17, 15) is 4.79 Å². The number of anilines is 1. The molecule has 6 nitrogen and oxygen atoms in total. The molecule has 3 aromatic rings. The quantitative estimate of drug-likeness (QED) is 0.697. The van der Waals surface area contributed by atoms with Gasteiger partial charge in [-0.25, -0.2) is 4.98 Å². The molecule has 0 saturated carbocycles. The minimum atomic E-state index is -0.0668. The van der Waals surface area contributed by atoms with Gasteiger partial charge in [-0.05, 0) is 29.7 Å². The van der Waals surface area contributed by atoms with Crippen molar-refractivity contribution in [2.75, 3.05) is 11.4 Å². The van der Waals surface area contributed by atoms with Gasteiger partial charge in [-0.2, -0.15) is 4.98 Å². The van der Waals surface area contributed by atoms with Crippen LogP contribution < -0.4 is 10.5 Å². The molecule has 1 aliphatic heterocycles. The van der Waals surface area contributed by atoms with Crippen LogP contribution in [-0.4, -0.2) is 21.5 Å². The summed E-state index contributed by atoms with van der Waals surface area (Å²) in [5, 5.41) is 0.393. The Morgan fingerprint density at radius 3 is 3.10 bits per heavy atom. The predicted molar refractivity (Wildman–Crippen MR) is 78.6 cm³/mol. The Hall–Kier alpha value is -2.34. The molecule has 0 spiro atoms. The van der Waals surface area contributed by atoms with E-state index in [0.29, 0.717) is 28.9 Å². The van der Waals surface area contributed by atoms with Gasteiger partial charge in [-0.1, -0.05) is 11.6 Å². The van der Waals surface area contributed by atoms with Gasteiger partial charge in [0.25, 0.3) is 6.01 Å². The first kappa shape index (κ1) is 12.4. The van der Waals surface area contributed by atoms with Crippen LogP contribution in [-0.2, 0) is 13.0 Å². The summed E-state index contributed by atoms with van der Waals surface area (Å²) in [4.78, 5) is 24.6. The molecular formula is C14H11ClN4O2. The number of nitrogens with zero attached hydrogens (tertiary/aromatic N) is 3. The van der Waals surface area contributed by atoms with Gasteiger partial charge in [0.1, 0.15) is 5.15 Å². The predicted octanol–water partition coefficient (Wildman–Crippen LogP) is 2.13. The molecule has 3 aromatic heterocycles. The summed E-state index contributed by atoms with van der Waals surface area (Å²) < 4.78 is 5.72. The maximum atomic E-state index is 11.3. The SMILES string of the molecule is O=c1cc2c(c[nH]1)CN(c1nc3nc(Cl)ccc3o1)CC2. The molecular weight excluding hydrogens is 292 g/mol. The largest absolute Gasteiger partial charge is 0.422 e. The Balaban J connectivity index is 1.70. The summed E-state index contributed by atoms with van der Waals surface area (Å²) in [6, 6.07) is 5.61. The van der Waals surface area contributed by atoms with Gasteiger partial charge in [0, 0.05) is 25.4 Å². The van der Waals surface area contributed by atoms with Crippen LogP contribution in [0.2, 0.25) is 5.15 Å². The topological polar surface area (TPSA) is 75.0 Å². The molecule has 0 amide bonds. The Kier molecular flexibility index (Phi) is 2.71. The third kappa shape index (κ3) is 2.17. The van der Waals surface area contributed by atoms with Crippen LogP contribution in [0.3, 0.4) is 0 Å². The molecule has 0 atom stereocenters. The molecule has 4 heterocycles. The number of H-pyrrole nitrogens is 1. The highest BCUT2D eigenvalue weighted by molar-refractivity contribution is 6.29. The number of nitrogens with one attached hydrogen (secondary N) is 1. The second kappa shape index (κ2) is 4.60. The van der Waals surface area contributed by atoms with E-state index in [-0.39, 0.29) is 5.56 Å². The summed E-state index contributed by atoms with van der Waals surface area (Å²) in [7, 11) is 0. The Labute approximate surface area is 124 Å². The lowest BCUT2D eigenvalue weighted by Gasteiger charge is -2.26. The van der Waals surface area contributed by atoms with Crippen LogP contribution in [0.5, 0.6) is 0 Å². The van der Waals surface area contributed by atoms with E-state index in [2.05, 4.69) is 15.0 Å². The number of hydrogen-bond acceptors (Lipinski definition) is 5. The highest BCUT2D eigenvalue weighted by Crippen LogP contribution is 2.26. The fourth-order valence-electron chi connectivity index (χ4n) is 2.55. The van der Waals surface area contributed by atoms with Crippen molar-refractivity contribution < 1.29 is 4.42 Å². The van der Waals surface area contributed by atoms with Crippen molar-refractivity contribution >= 4 is 28.8 Å². The summed E-state index contributed by atoms with van der Waals surface area (Å²) in [6.07, 6.45) is 2.54. The molecule has 1 aliphatic rings. The highest BCUT2D eigenvalue weighted by atomic mass is 35.5. The van der Waals surface area contributed by atoms with Crippen LogP contribution in [0.15, 0.2) is 33.6 Å². The summed E-state index contributed by atoms with van der Waals surface area (Å²) >= 11 is 5.86. The molecule has 0 aromatic carbocycles. The van der Waals surface area contributed by atoms with Gasteiger partial charge in [0.2, 0.25) is 11.2 Å². The molecule has 1 N–H and O–H groups in total. The molecule has 21 heavy (non-hydrogen) atoms. The minimum absolute atomic E-state index is 0.0668. The monoisotopic (exact) mass is 302 g/mol. The van der Waals surface area contributed by atoms with E-state index in [1.54, 1.807) is 24.4 Å². The Morgan fingerprint density at radius 1 is 1.29 bits per heavy atom. The second-order valence-corrected chi connectivity index (χ2v) is 5.36. The van der Waals surface area contributed by atoms with Gasteiger partial charge in [0.15, 0.2) is 5.58 Å². The van der Waals surface area contributed by atoms with Crippen molar-refractivity contribution in [1.82, 2.24) is 15.0 Å². The standard InChI is InChI=1S/C14H11ClN4O2/c15-11-2-1-10-13(17-11)18-14(21-10)19-4-3-8-5-12(20)16-6-9(8)7-19/h1-2,5-6H,3-4,7H2,(H,16,20). The van der Waals surface area contributed by atoms with Crippen molar-refractivity contribution in [2.24, 2.45) is 0 Å². The summed E-state index contributed by atoms with van der Waals surface area (Å²) in [5.74, 6) is 0. The maximum Gasteiger partial charge on any atom is 0.300 e. The van der Waals surface area contributed by atoms with E-state index in [1.807, 2.05) is 4.90 Å². The third-order valence-corrected chi connectivity index (χ3v) is 3.81. The van der Waals surface area contributed by atoms with Gasteiger partial charge in [-0.3, -0.25) is 4.79 Å². The minimum Gasteiger partial charge on any atom is -0.422 e. The van der Waals surface area contributed by atoms with Crippen LogP contribution in [0.1, 0.15) is 11.1 Å². The maximum absolute atomic E-state index is 11.3. The lowest BCUT2D eigenvalue weighted by molar-refractivity contribution is 0.554. The summed E-state index contributed by atoms with van der Waals surface area (Å²) in [5.41, 5.74) is 3.20. The Morgan fingerprint density at radius 2 is 2.19 bits per heavy atom. The van der Waals surface area contributed by atoms with Gasteiger partial charge < -0.3 is 14.3 Å². The molecule has 0 saturated heterocycles. The number of hydrogen-bond donors (Lipinski definition) is 1. The lowest BCUT2D eigenvalue weighted by Crippen LogP contribution is -2.31. The molecule has 0 unspecified atom stereocenters. The molecule has 0 aliphatic carbocycles. The average Bonchev–Trinajstić information content (AvgIpc) is 2.89. The zero-order valence-corrected chi connectivity index (χ0v) is 11.7.